The number of carbonyl (C=O) groups is 2. The molecule has 0 aliphatic rings. The van der Waals surface area contributed by atoms with Crippen LogP contribution in [0, 0.1) is 0 Å². The highest BCUT2D eigenvalue weighted by Gasteiger charge is 2.10. The number of amides is 2. The first-order valence-electron chi connectivity index (χ1n) is 8.05. The van der Waals surface area contributed by atoms with Gasteiger partial charge in [-0.05, 0) is 43.4 Å². The predicted molar refractivity (Wildman–Crippen MR) is 91.4 cm³/mol. The maximum atomic E-state index is 11.8. The number of unbranched alkanes of at least 4 members (excludes halogenated alkanes) is 2. The van der Waals surface area contributed by atoms with Crippen molar-refractivity contribution in [1.29, 1.82) is 0 Å². The highest BCUT2D eigenvalue weighted by molar-refractivity contribution is 5.93. The second kappa shape index (κ2) is 9.39. The Hall–Kier alpha value is -2.76. The molecule has 0 atom stereocenters. The zero-order valence-corrected chi connectivity index (χ0v) is 13.8. The Morgan fingerprint density at radius 3 is 2.50 bits per heavy atom. The van der Waals surface area contributed by atoms with Crippen molar-refractivity contribution in [3.63, 3.8) is 0 Å². The summed E-state index contributed by atoms with van der Waals surface area (Å²) in [4.78, 5) is 23.3. The molecule has 6 nitrogen and oxygen atoms in total. The van der Waals surface area contributed by atoms with E-state index in [1.807, 2.05) is 18.2 Å². The van der Waals surface area contributed by atoms with Crippen LogP contribution in [0.15, 0.2) is 48.7 Å². The van der Waals surface area contributed by atoms with E-state index in [0.29, 0.717) is 12.3 Å². The van der Waals surface area contributed by atoms with Crippen molar-refractivity contribution >= 4 is 12.0 Å². The van der Waals surface area contributed by atoms with Crippen LogP contribution in [0.1, 0.15) is 35.3 Å². The Morgan fingerprint density at radius 1 is 1.00 bits per heavy atom. The van der Waals surface area contributed by atoms with Gasteiger partial charge in [-0.25, -0.2) is 10.2 Å². The van der Waals surface area contributed by atoms with Gasteiger partial charge in [-0.1, -0.05) is 30.3 Å². The lowest BCUT2D eigenvalue weighted by molar-refractivity contribution is 0.0900. The smallest absolute Gasteiger partial charge is 0.426 e. The molecule has 1 aromatic carbocycles. The summed E-state index contributed by atoms with van der Waals surface area (Å²) in [6.07, 6.45) is 4.96. The number of hydrogen-bond donors (Lipinski definition) is 2. The van der Waals surface area contributed by atoms with E-state index < -0.39 is 6.09 Å². The lowest BCUT2D eigenvalue weighted by atomic mass is 10.1. The normalized spacial score (nSPS) is 10.2. The van der Waals surface area contributed by atoms with Gasteiger partial charge in [-0.2, -0.15) is 0 Å². The fourth-order valence-electron chi connectivity index (χ4n) is 2.32. The number of nitrogens with zero attached hydrogens (tertiary/aromatic N) is 1. The fraction of sp³-hybridized carbons (Fsp3) is 0.333. The van der Waals surface area contributed by atoms with Gasteiger partial charge in [0, 0.05) is 13.2 Å². The average Bonchev–Trinajstić information content (AvgIpc) is 3.03. The first kappa shape index (κ1) is 17.6. The van der Waals surface area contributed by atoms with E-state index in [0.717, 1.165) is 25.7 Å². The largest absolute Gasteiger partial charge is 0.448 e. The fourth-order valence-corrected chi connectivity index (χ4v) is 2.32. The molecule has 0 bridgehead atoms. The van der Waals surface area contributed by atoms with Gasteiger partial charge in [-0.3, -0.25) is 10.2 Å². The van der Waals surface area contributed by atoms with Crippen molar-refractivity contribution in [3.05, 3.63) is 59.9 Å². The highest BCUT2D eigenvalue weighted by atomic mass is 16.6. The topological polar surface area (TPSA) is 72.4 Å². The summed E-state index contributed by atoms with van der Waals surface area (Å²) in [5.41, 5.74) is 6.33. The SMILES string of the molecule is Cn1cccc1C(=O)NNC(=O)OCCCCCc1ccccc1. The van der Waals surface area contributed by atoms with E-state index in [1.165, 1.54) is 5.56 Å². The van der Waals surface area contributed by atoms with E-state index in [2.05, 4.69) is 23.0 Å². The number of hydrogen-bond acceptors (Lipinski definition) is 3. The van der Waals surface area contributed by atoms with Crippen molar-refractivity contribution in [1.82, 2.24) is 15.4 Å². The minimum atomic E-state index is -0.652. The number of aryl methyl sites for hydroxylation is 2. The zero-order valence-electron chi connectivity index (χ0n) is 13.8. The molecule has 24 heavy (non-hydrogen) atoms. The Bertz CT molecular complexity index is 653. The van der Waals surface area contributed by atoms with Crippen molar-refractivity contribution in [3.8, 4) is 0 Å². The molecule has 128 valence electrons. The van der Waals surface area contributed by atoms with Gasteiger partial charge in [0.05, 0.1) is 6.61 Å². The first-order valence-corrected chi connectivity index (χ1v) is 8.05. The molecule has 0 aliphatic carbocycles. The molecule has 0 saturated heterocycles. The van der Waals surface area contributed by atoms with Gasteiger partial charge in [0.25, 0.3) is 5.91 Å². The van der Waals surface area contributed by atoms with Crippen LogP contribution in [0.5, 0.6) is 0 Å². The molecule has 0 spiro atoms. The quantitative estimate of drug-likeness (QED) is 0.606. The van der Waals surface area contributed by atoms with Gasteiger partial charge in [0.2, 0.25) is 0 Å². The van der Waals surface area contributed by atoms with Crippen LogP contribution in [0.2, 0.25) is 0 Å². The molecule has 0 fully saturated rings. The number of carbonyl (C=O) groups excluding carboxylic acids is 2. The monoisotopic (exact) mass is 329 g/mol. The Labute approximate surface area is 141 Å². The molecule has 1 heterocycles. The number of ether oxygens (including phenoxy) is 1. The Balaban J connectivity index is 1.52. The number of nitrogens with one attached hydrogen (secondary N) is 2. The third-order valence-electron chi connectivity index (χ3n) is 3.64. The van der Waals surface area contributed by atoms with Crippen molar-refractivity contribution in [2.75, 3.05) is 6.61 Å². The standard InChI is InChI=1S/C18H23N3O3/c1-21-13-8-12-16(21)17(22)19-20-18(23)24-14-7-3-6-11-15-9-4-2-5-10-15/h2,4-5,8-10,12-13H,3,6-7,11,14H2,1H3,(H,19,22)(H,20,23). The minimum absolute atomic E-state index is 0.334. The van der Waals surface area contributed by atoms with Crippen molar-refractivity contribution in [2.45, 2.75) is 25.7 Å². The van der Waals surface area contributed by atoms with Gasteiger partial charge in [-0.15, -0.1) is 0 Å². The number of hydrazine groups is 1. The summed E-state index contributed by atoms with van der Waals surface area (Å²) in [5, 5.41) is 0. The molecule has 1 aromatic heterocycles. The maximum absolute atomic E-state index is 11.8. The van der Waals surface area contributed by atoms with Crippen LogP contribution < -0.4 is 10.9 Å². The third kappa shape index (κ3) is 5.79. The molecule has 2 aromatic rings. The van der Waals surface area contributed by atoms with Gasteiger partial charge in [0.15, 0.2) is 0 Å². The molecule has 2 amide bonds. The predicted octanol–water partition coefficient (Wildman–Crippen LogP) is 2.81. The lowest BCUT2D eigenvalue weighted by Crippen LogP contribution is -2.42. The van der Waals surface area contributed by atoms with Gasteiger partial charge >= 0.3 is 6.09 Å². The van der Waals surface area contributed by atoms with Crippen molar-refractivity contribution in [2.24, 2.45) is 7.05 Å². The molecule has 6 heteroatoms. The third-order valence-corrected chi connectivity index (χ3v) is 3.64. The van der Waals surface area contributed by atoms with Crippen LogP contribution in [-0.4, -0.2) is 23.2 Å². The van der Waals surface area contributed by atoms with E-state index in [9.17, 15) is 9.59 Å². The average molecular weight is 329 g/mol. The zero-order chi connectivity index (χ0) is 17.2. The molecule has 0 radical (unpaired) electrons. The van der Waals surface area contributed by atoms with Gasteiger partial charge in [0.1, 0.15) is 5.69 Å². The molecule has 0 unspecified atom stereocenters. The minimum Gasteiger partial charge on any atom is -0.448 e. The molecule has 0 saturated carbocycles. The lowest BCUT2D eigenvalue weighted by Gasteiger charge is -2.09. The van der Waals surface area contributed by atoms with Crippen LogP contribution in [0.25, 0.3) is 0 Å². The summed E-state index contributed by atoms with van der Waals surface area (Å²) in [5.74, 6) is -0.387. The summed E-state index contributed by atoms with van der Waals surface area (Å²) >= 11 is 0. The molecule has 2 N–H and O–H groups in total. The maximum Gasteiger partial charge on any atom is 0.426 e. The summed E-state index contributed by atoms with van der Waals surface area (Å²) in [6.45, 7) is 0.334. The molecular weight excluding hydrogens is 306 g/mol. The highest BCUT2D eigenvalue weighted by Crippen LogP contribution is 2.06. The molecule has 2 rings (SSSR count). The summed E-state index contributed by atoms with van der Waals surface area (Å²) < 4.78 is 6.68. The van der Waals surface area contributed by atoms with E-state index >= 15 is 0 Å². The number of aromatic nitrogens is 1. The number of rotatable bonds is 7. The van der Waals surface area contributed by atoms with Crippen LogP contribution in [-0.2, 0) is 18.2 Å². The Morgan fingerprint density at radius 2 is 1.79 bits per heavy atom. The van der Waals surface area contributed by atoms with Crippen LogP contribution in [0.4, 0.5) is 4.79 Å². The van der Waals surface area contributed by atoms with Crippen LogP contribution >= 0.6 is 0 Å². The van der Waals surface area contributed by atoms with Gasteiger partial charge < -0.3 is 9.30 Å². The molecular formula is C18H23N3O3. The Kier molecular flexibility index (Phi) is 6.89. The second-order valence-electron chi connectivity index (χ2n) is 5.52. The van der Waals surface area contributed by atoms with E-state index in [4.69, 9.17) is 4.74 Å². The molecule has 0 aliphatic heterocycles. The summed E-state index contributed by atoms with van der Waals surface area (Å²) in [6, 6.07) is 13.7. The second-order valence-corrected chi connectivity index (χ2v) is 5.52. The van der Waals surface area contributed by atoms with Crippen LogP contribution in [0.3, 0.4) is 0 Å². The van der Waals surface area contributed by atoms with Crippen molar-refractivity contribution < 1.29 is 14.3 Å². The number of benzene rings is 1. The summed E-state index contributed by atoms with van der Waals surface area (Å²) in [7, 11) is 1.75. The van der Waals surface area contributed by atoms with E-state index in [-0.39, 0.29) is 5.91 Å². The first-order chi connectivity index (χ1) is 11.7. The van der Waals surface area contributed by atoms with E-state index in [1.54, 1.807) is 29.9 Å².